The fourth-order valence-corrected chi connectivity index (χ4v) is 2.05. The minimum atomic E-state index is 0.468. The van der Waals surface area contributed by atoms with Gasteiger partial charge in [-0.2, -0.15) is 0 Å². The average Bonchev–Trinajstić information content (AvgIpc) is 2.31. The van der Waals surface area contributed by atoms with E-state index in [0.29, 0.717) is 6.10 Å². The van der Waals surface area contributed by atoms with Crippen molar-refractivity contribution in [3.8, 4) is 0 Å². The van der Waals surface area contributed by atoms with Gasteiger partial charge in [0.15, 0.2) is 0 Å². The zero-order chi connectivity index (χ0) is 10.5. The summed E-state index contributed by atoms with van der Waals surface area (Å²) >= 11 is 0. The lowest BCUT2D eigenvalue weighted by Crippen LogP contribution is -2.36. The molecular formula is C12H18N2O. The summed E-state index contributed by atoms with van der Waals surface area (Å²) in [4.78, 5) is 6.59. The van der Waals surface area contributed by atoms with E-state index in [0.717, 1.165) is 32.5 Å². The highest BCUT2D eigenvalue weighted by atomic mass is 16.5. The first-order valence-corrected chi connectivity index (χ1v) is 5.52. The van der Waals surface area contributed by atoms with Crippen molar-refractivity contribution in [2.75, 3.05) is 20.2 Å². The van der Waals surface area contributed by atoms with Crippen molar-refractivity contribution in [2.45, 2.75) is 25.5 Å². The molecule has 0 spiro atoms. The number of likely N-dealkylation sites (tertiary alicyclic amines) is 1. The molecule has 0 saturated carbocycles. The van der Waals surface area contributed by atoms with Crippen molar-refractivity contribution in [1.29, 1.82) is 0 Å². The number of rotatable bonds is 3. The third kappa shape index (κ3) is 3.01. The number of ether oxygens (including phenoxy) is 1. The second-order valence-electron chi connectivity index (χ2n) is 4.07. The van der Waals surface area contributed by atoms with Crippen LogP contribution in [-0.2, 0) is 11.3 Å². The highest BCUT2D eigenvalue weighted by Crippen LogP contribution is 2.14. The topological polar surface area (TPSA) is 25.4 Å². The van der Waals surface area contributed by atoms with E-state index in [1.807, 2.05) is 18.5 Å². The SMILES string of the molecule is COC1CCN(Cc2cccnc2)CC1. The van der Waals surface area contributed by atoms with Crippen LogP contribution < -0.4 is 0 Å². The van der Waals surface area contributed by atoms with Gasteiger partial charge in [0.2, 0.25) is 0 Å². The standard InChI is InChI=1S/C12H18N2O/c1-15-12-4-7-14(8-5-12)10-11-3-2-6-13-9-11/h2-3,6,9,12H,4-5,7-8,10H2,1H3. The van der Waals surface area contributed by atoms with Gasteiger partial charge in [0, 0.05) is 39.1 Å². The molecular weight excluding hydrogens is 188 g/mol. The normalized spacial score (nSPS) is 19.3. The summed E-state index contributed by atoms with van der Waals surface area (Å²) in [5.74, 6) is 0. The van der Waals surface area contributed by atoms with E-state index < -0.39 is 0 Å². The number of pyridine rings is 1. The Hall–Kier alpha value is -0.930. The van der Waals surface area contributed by atoms with Crippen LogP contribution >= 0.6 is 0 Å². The number of methoxy groups -OCH3 is 1. The molecule has 15 heavy (non-hydrogen) atoms. The maximum atomic E-state index is 5.35. The zero-order valence-electron chi connectivity index (χ0n) is 9.22. The molecule has 0 aromatic carbocycles. The molecule has 1 aromatic rings. The summed E-state index contributed by atoms with van der Waals surface area (Å²) < 4.78 is 5.35. The first-order valence-electron chi connectivity index (χ1n) is 5.52. The van der Waals surface area contributed by atoms with Crippen LogP contribution in [0.15, 0.2) is 24.5 Å². The molecule has 82 valence electrons. The van der Waals surface area contributed by atoms with Gasteiger partial charge < -0.3 is 4.74 Å². The molecule has 1 aromatic heterocycles. The Bertz CT molecular complexity index is 281. The molecule has 0 unspecified atom stereocenters. The average molecular weight is 206 g/mol. The van der Waals surface area contributed by atoms with Crippen LogP contribution in [0.3, 0.4) is 0 Å². The van der Waals surface area contributed by atoms with Crippen molar-refractivity contribution < 1.29 is 4.74 Å². The minimum absolute atomic E-state index is 0.468. The molecule has 0 amide bonds. The Balaban J connectivity index is 1.82. The predicted molar refractivity (Wildman–Crippen MR) is 59.5 cm³/mol. The highest BCUT2D eigenvalue weighted by Gasteiger charge is 2.18. The molecule has 0 N–H and O–H groups in total. The Kier molecular flexibility index (Phi) is 3.69. The fraction of sp³-hybridized carbons (Fsp3) is 0.583. The van der Waals surface area contributed by atoms with E-state index >= 15 is 0 Å². The molecule has 1 aliphatic rings. The van der Waals surface area contributed by atoms with Crippen molar-refractivity contribution in [1.82, 2.24) is 9.88 Å². The van der Waals surface area contributed by atoms with Crippen LogP contribution in [0.4, 0.5) is 0 Å². The number of nitrogens with zero attached hydrogens (tertiary/aromatic N) is 2. The largest absolute Gasteiger partial charge is 0.381 e. The van der Waals surface area contributed by atoms with Crippen molar-refractivity contribution in [2.24, 2.45) is 0 Å². The van der Waals surface area contributed by atoms with Gasteiger partial charge in [-0.1, -0.05) is 6.07 Å². The summed E-state index contributed by atoms with van der Waals surface area (Å²) in [6, 6.07) is 4.13. The Morgan fingerprint density at radius 1 is 1.47 bits per heavy atom. The van der Waals surface area contributed by atoms with Gasteiger partial charge in [-0.25, -0.2) is 0 Å². The first kappa shape index (κ1) is 10.6. The van der Waals surface area contributed by atoms with Crippen LogP contribution in [-0.4, -0.2) is 36.2 Å². The summed E-state index contributed by atoms with van der Waals surface area (Å²) in [6.07, 6.45) is 6.53. The lowest BCUT2D eigenvalue weighted by atomic mass is 10.1. The van der Waals surface area contributed by atoms with Gasteiger partial charge in [0.1, 0.15) is 0 Å². The number of piperidine rings is 1. The summed E-state index contributed by atoms with van der Waals surface area (Å²) in [5, 5.41) is 0. The minimum Gasteiger partial charge on any atom is -0.381 e. The second-order valence-corrected chi connectivity index (χ2v) is 4.07. The first-order chi connectivity index (χ1) is 7.38. The quantitative estimate of drug-likeness (QED) is 0.752. The molecule has 2 rings (SSSR count). The molecule has 0 aliphatic carbocycles. The maximum absolute atomic E-state index is 5.35. The second kappa shape index (κ2) is 5.24. The van der Waals surface area contributed by atoms with Crippen LogP contribution in [0.2, 0.25) is 0 Å². The van der Waals surface area contributed by atoms with Gasteiger partial charge >= 0.3 is 0 Å². The van der Waals surface area contributed by atoms with Crippen LogP contribution in [0.5, 0.6) is 0 Å². The summed E-state index contributed by atoms with van der Waals surface area (Å²) in [5.41, 5.74) is 1.30. The van der Waals surface area contributed by atoms with Crippen LogP contribution in [0.1, 0.15) is 18.4 Å². The monoisotopic (exact) mass is 206 g/mol. The van der Waals surface area contributed by atoms with Gasteiger partial charge in [-0.15, -0.1) is 0 Å². The molecule has 0 atom stereocenters. The Labute approximate surface area is 91.1 Å². The van der Waals surface area contributed by atoms with Gasteiger partial charge in [0.05, 0.1) is 6.10 Å². The van der Waals surface area contributed by atoms with E-state index in [1.54, 1.807) is 7.11 Å². The molecule has 1 aliphatic heterocycles. The smallest absolute Gasteiger partial charge is 0.0595 e. The number of hydrogen-bond donors (Lipinski definition) is 0. The van der Waals surface area contributed by atoms with E-state index in [2.05, 4.69) is 16.0 Å². The number of hydrogen-bond acceptors (Lipinski definition) is 3. The molecule has 3 nitrogen and oxygen atoms in total. The van der Waals surface area contributed by atoms with E-state index in [1.165, 1.54) is 5.56 Å². The highest BCUT2D eigenvalue weighted by molar-refractivity contribution is 5.08. The summed E-state index contributed by atoms with van der Waals surface area (Å²) in [7, 11) is 1.81. The lowest BCUT2D eigenvalue weighted by molar-refractivity contribution is 0.0388. The van der Waals surface area contributed by atoms with E-state index in [4.69, 9.17) is 4.74 Å². The molecule has 1 saturated heterocycles. The summed E-state index contributed by atoms with van der Waals surface area (Å²) in [6.45, 7) is 3.28. The van der Waals surface area contributed by atoms with Crippen molar-refractivity contribution in [3.05, 3.63) is 30.1 Å². The lowest BCUT2D eigenvalue weighted by Gasteiger charge is -2.31. The third-order valence-corrected chi connectivity index (χ3v) is 3.00. The van der Waals surface area contributed by atoms with Crippen molar-refractivity contribution in [3.63, 3.8) is 0 Å². The maximum Gasteiger partial charge on any atom is 0.0595 e. The zero-order valence-corrected chi connectivity index (χ0v) is 9.22. The Morgan fingerprint density at radius 3 is 2.87 bits per heavy atom. The number of aromatic nitrogens is 1. The van der Waals surface area contributed by atoms with Gasteiger partial charge in [0.25, 0.3) is 0 Å². The van der Waals surface area contributed by atoms with Crippen LogP contribution in [0.25, 0.3) is 0 Å². The van der Waals surface area contributed by atoms with E-state index in [-0.39, 0.29) is 0 Å². The predicted octanol–water partition coefficient (Wildman–Crippen LogP) is 1.69. The van der Waals surface area contributed by atoms with Gasteiger partial charge in [-0.05, 0) is 24.5 Å². The van der Waals surface area contributed by atoms with E-state index in [9.17, 15) is 0 Å². The molecule has 2 heterocycles. The third-order valence-electron chi connectivity index (χ3n) is 3.00. The Morgan fingerprint density at radius 2 is 2.27 bits per heavy atom. The van der Waals surface area contributed by atoms with Crippen LogP contribution in [0, 0.1) is 0 Å². The molecule has 3 heteroatoms. The fourth-order valence-electron chi connectivity index (χ4n) is 2.05. The van der Waals surface area contributed by atoms with Gasteiger partial charge in [-0.3, -0.25) is 9.88 Å². The molecule has 0 radical (unpaired) electrons. The molecule has 0 bridgehead atoms. The molecule has 1 fully saturated rings. The van der Waals surface area contributed by atoms with Crippen molar-refractivity contribution >= 4 is 0 Å².